The van der Waals surface area contributed by atoms with E-state index in [1.54, 1.807) is 12.1 Å². The second-order valence-corrected chi connectivity index (χ2v) is 7.03. The number of amides is 1. The van der Waals surface area contributed by atoms with E-state index in [2.05, 4.69) is 25.7 Å². The lowest BCUT2D eigenvalue weighted by molar-refractivity contribution is -0.116. The van der Waals surface area contributed by atoms with Crippen molar-refractivity contribution < 1.29 is 13.7 Å². The highest BCUT2D eigenvalue weighted by molar-refractivity contribution is 7.15. The van der Waals surface area contributed by atoms with Crippen molar-refractivity contribution in [1.29, 1.82) is 0 Å². The van der Waals surface area contributed by atoms with Crippen LogP contribution in [-0.4, -0.2) is 26.2 Å². The first-order valence-electron chi connectivity index (χ1n) is 8.23. The van der Waals surface area contributed by atoms with Crippen molar-refractivity contribution in [1.82, 2.24) is 20.3 Å². The van der Waals surface area contributed by atoms with Gasteiger partial charge < -0.3 is 9.84 Å². The minimum atomic E-state index is -0.320. The van der Waals surface area contributed by atoms with Crippen LogP contribution in [0, 0.1) is 5.82 Å². The largest absolute Gasteiger partial charge is 0.339 e. The van der Waals surface area contributed by atoms with Crippen LogP contribution in [0.25, 0.3) is 11.4 Å². The van der Waals surface area contributed by atoms with E-state index in [4.69, 9.17) is 4.52 Å². The molecule has 1 N–H and O–H groups in total. The zero-order valence-electron chi connectivity index (χ0n) is 14.4. The normalized spacial score (nSPS) is 11.1. The summed E-state index contributed by atoms with van der Waals surface area (Å²) >= 11 is 1.38. The number of aryl methyl sites for hydroxylation is 1. The van der Waals surface area contributed by atoms with Gasteiger partial charge in [-0.25, -0.2) is 4.39 Å². The van der Waals surface area contributed by atoms with E-state index >= 15 is 0 Å². The molecule has 0 aliphatic rings. The van der Waals surface area contributed by atoms with Gasteiger partial charge in [0.1, 0.15) is 10.8 Å². The number of anilines is 1. The number of hydrogen-bond acceptors (Lipinski definition) is 7. The number of rotatable bonds is 7. The molecule has 26 heavy (non-hydrogen) atoms. The van der Waals surface area contributed by atoms with E-state index in [0.717, 1.165) is 5.01 Å². The third-order valence-electron chi connectivity index (χ3n) is 3.55. The van der Waals surface area contributed by atoms with Gasteiger partial charge in [0.05, 0.1) is 0 Å². The Kier molecular flexibility index (Phi) is 5.67. The van der Waals surface area contributed by atoms with Gasteiger partial charge in [-0.3, -0.25) is 4.79 Å². The van der Waals surface area contributed by atoms with Crippen molar-refractivity contribution >= 4 is 22.4 Å². The van der Waals surface area contributed by atoms with Gasteiger partial charge in [-0.1, -0.05) is 30.3 Å². The lowest BCUT2D eigenvalue weighted by Crippen LogP contribution is -2.11. The molecule has 0 aliphatic heterocycles. The molecule has 0 saturated heterocycles. The Morgan fingerprint density at radius 1 is 1.27 bits per heavy atom. The molecule has 2 aromatic heterocycles. The van der Waals surface area contributed by atoms with Crippen molar-refractivity contribution in [3.05, 3.63) is 41.0 Å². The molecule has 0 fully saturated rings. The molecule has 3 aromatic rings. The van der Waals surface area contributed by atoms with Crippen LogP contribution in [0.3, 0.4) is 0 Å². The highest BCUT2D eigenvalue weighted by atomic mass is 32.1. The molecule has 0 aliphatic carbocycles. The fourth-order valence-corrected chi connectivity index (χ4v) is 2.93. The number of halogens is 1. The van der Waals surface area contributed by atoms with Gasteiger partial charge in [0.2, 0.25) is 22.8 Å². The lowest BCUT2D eigenvalue weighted by atomic mass is 10.2. The Morgan fingerprint density at radius 3 is 2.73 bits per heavy atom. The van der Waals surface area contributed by atoms with Crippen molar-refractivity contribution in [2.45, 2.75) is 39.0 Å². The van der Waals surface area contributed by atoms with Crippen LogP contribution in [-0.2, 0) is 11.2 Å². The summed E-state index contributed by atoms with van der Waals surface area (Å²) in [6, 6.07) is 5.86. The standard InChI is InChI=1S/C17H18FN5O2S/c1-10(2)16-21-22-17(26-16)19-13(24)4-3-5-14-20-15(23-25-14)11-6-8-12(18)9-7-11/h6-10H,3-5H2,1-2H3,(H,19,22,24). The third-order valence-corrected chi connectivity index (χ3v) is 4.69. The summed E-state index contributed by atoms with van der Waals surface area (Å²) in [7, 11) is 0. The number of nitrogens with zero attached hydrogens (tertiary/aromatic N) is 4. The van der Waals surface area contributed by atoms with Crippen LogP contribution >= 0.6 is 11.3 Å². The Labute approximate surface area is 153 Å². The summed E-state index contributed by atoms with van der Waals surface area (Å²) in [6.45, 7) is 4.05. The Bertz CT molecular complexity index is 875. The second kappa shape index (κ2) is 8.13. The van der Waals surface area contributed by atoms with Crippen LogP contribution in [0.4, 0.5) is 9.52 Å². The summed E-state index contributed by atoms with van der Waals surface area (Å²) in [5, 5.41) is 16.0. The van der Waals surface area contributed by atoms with E-state index < -0.39 is 0 Å². The maximum atomic E-state index is 12.9. The molecule has 136 valence electrons. The predicted octanol–water partition coefficient (Wildman–Crippen LogP) is 3.81. The van der Waals surface area contributed by atoms with Gasteiger partial charge in [-0.15, -0.1) is 10.2 Å². The molecule has 0 spiro atoms. The highest BCUT2D eigenvalue weighted by Gasteiger charge is 2.12. The smallest absolute Gasteiger partial charge is 0.226 e. The lowest BCUT2D eigenvalue weighted by Gasteiger charge is -1.99. The van der Waals surface area contributed by atoms with E-state index in [1.165, 1.54) is 23.5 Å². The first-order chi connectivity index (χ1) is 12.5. The number of carbonyl (C=O) groups excluding carboxylic acids is 1. The second-order valence-electron chi connectivity index (χ2n) is 6.02. The first-order valence-corrected chi connectivity index (χ1v) is 9.04. The van der Waals surface area contributed by atoms with Gasteiger partial charge in [0.15, 0.2) is 0 Å². The van der Waals surface area contributed by atoms with Crippen LogP contribution in [0.2, 0.25) is 0 Å². The predicted molar refractivity (Wildman–Crippen MR) is 95.3 cm³/mol. The number of hydrogen-bond donors (Lipinski definition) is 1. The zero-order valence-corrected chi connectivity index (χ0v) is 15.2. The van der Waals surface area contributed by atoms with Crippen LogP contribution in [0.1, 0.15) is 43.5 Å². The van der Waals surface area contributed by atoms with Gasteiger partial charge in [-0.2, -0.15) is 4.98 Å². The molecule has 0 unspecified atom stereocenters. The summed E-state index contributed by atoms with van der Waals surface area (Å²) in [6.07, 6.45) is 1.35. The van der Waals surface area contributed by atoms with Crippen molar-refractivity contribution in [3.63, 3.8) is 0 Å². The maximum Gasteiger partial charge on any atom is 0.226 e. The molecule has 1 amide bonds. The molecular formula is C17H18FN5O2S. The fourth-order valence-electron chi connectivity index (χ4n) is 2.17. The molecule has 7 nitrogen and oxygen atoms in total. The van der Waals surface area contributed by atoms with Crippen LogP contribution in [0.5, 0.6) is 0 Å². The summed E-state index contributed by atoms with van der Waals surface area (Å²) in [4.78, 5) is 16.2. The molecule has 0 radical (unpaired) electrons. The Hall–Kier alpha value is -2.68. The monoisotopic (exact) mass is 375 g/mol. The molecule has 2 heterocycles. The quantitative estimate of drug-likeness (QED) is 0.675. The molecule has 0 saturated carbocycles. The average molecular weight is 375 g/mol. The van der Waals surface area contributed by atoms with Crippen LogP contribution < -0.4 is 5.32 Å². The number of benzene rings is 1. The first kappa shape index (κ1) is 18.1. The highest BCUT2D eigenvalue weighted by Crippen LogP contribution is 2.22. The summed E-state index contributed by atoms with van der Waals surface area (Å²) in [5.74, 6) is 0.676. The third kappa shape index (κ3) is 4.69. The minimum Gasteiger partial charge on any atom is -0.339 e. The number of nitrogens with one attached hydrogen (secondary N) is 1. The average Bonchev–Trinajstić information content (AvgIpc) is 3.25. The van der Waals surface area contributed by atoms with Gasteiger partial charge >= 0.3 is 0 Å². The summed E-state index contributed by atoms with van der Waals surface area (Å²) in [5.41, 5.74) is 0.677. The van der Waals surface area contributed by atoms with E-state index in [1.807, 2.05) is 13.8 Å². The molecule has 9 heteroatoms. The molecule has 0 bridgehead atoms. The maximum absolute atomic E-state index is 12.9. The van der Waals surface area contributed by atoms with E-state index in [-0.39, 0.29) is 17.6 Å². The summed E-state index contributed by atoms with van der Waals surface area (Å²) < 4.78 is 18.1. The van der Waals surface area contributed by atoms with Gasteiger partial charge in [-0.05, 0) is 30.7 Å². The van der Waals surface area contributed by atoms with Crippen molar-refractivity contribution in [2.24, 2.45) is 0 Å². The Balaban J connectivity index is 1.47. The molecule has 3 rings (SSSR count). The van der Waals surface area contributed by atoms with E-state index in [0.29, 0.717) is 41.7 Å². The SMILES string of the molecule is CC(C)c1nnc(NC(=O)CCCc2nc(-c3ccc(F)cc3)no2)s1. The van der Waals surface area contributed by atoms with Gasteiger partial charge in [0, 0.05) is 24.3 Å². The van der Waals surface area contributed by atoms with E-state index in [9.17, 15) is 9.18 Å². The van der Waals surface area contributed by atoms with Crippen molar-refractivity contribution in [2.75, 3.05) is 5.32 Å². The molecular weight excluding hydrogens is 357 g/mol. The Morgan fingerprint density at radius 2 is 2.04 bits per heavy atom. The van der Waals surface area contributed by atoms with Crippen molar-refractivity contribution in [3.8, 4) is 11.4 Å². The zero-order chi connectivity index (χ0) is 18.5. The number of aromatic nitrogens is 4. The van der Waals surface area contributed by atoms with Crippen LogP contribution in [0.15, 0.2) is 28.8 Å². The van der Waals surface area contributed by atoms with Gasteiger partial charge in [0.25, 0.3) is 0 Å². The fraction of sp³-hybridized carbons (Fsp3) is 0.353. The minimum absolute atomic E-state index is 0.130. The topological polar surface area (TPSA) is 93.8 Å². The number of carbonyl (C=O) groups is 1. The molecule has 0 atom stereocenters. The molecule has 1 aromatic carbocycles.